The lowest BCUT2D eigenvalue weighted by Crippen LogP contribution is -2.38. The van der Waals surface area contributed by atoms with E-state index in [4.69, 9.17) is 4.74 Å². The fraction of sp³-hybridized carbons (Fsp3) is 0.350. The molecule has 2 aromatic heterocycles. The number of aromatic nitrogens is 3. The van der Waals surface area contributed by atoms with Crippen LogP contribution in [0.2, 0.25) is 0 Å². The van der Waals surface area contributed by atoms with Crippen LogP contribution in [0.15, 0.2) is 48.7 Å². The molecule has 0 bridgehead atoms. The minimum Gasteiger partial charge on any atom is -0.445 e. The number of aliphatic hydroxyl groups is 1. The number of aliphatic hydroxyl groups excluding tert-OH is 1. The van der Waals surface area contributed by atoms with E-state index in [-0.39, 0.29) is 25.3 Å². The van der Waals surface area contributed by atoms with E-state index in [1.54, 1.807) is 11.1 Å². The van der Waals surface area contributed by atoms with Gasteiger partial charge in [-0.25, -0.2) is 14.8 Å². The van der Waals surface area contributed by atoms with Gasteiger partial charge >= 0.3 is 6.09 Å². The predicted octanol–water partition coefficient (Wildman–Crippen LogP) is 2.72. The maximum Gasteiger partial charge on any atom is 0.410 e. The molecule has 0 radical (unpaired) electrons. The van der Waals surface area contributed by atoms with Gasteiger partial charge in [0.2, 0.25) is 0 Å². The summed E-state index contributed by atoms with van der Waals surface area (Å²) >= 11 is 0. The molecule has 1 fully saturated rings. The molecule has 1 unspecified atom stereocenters. The first-order chi connectivity index (χ1) is 13.3. The van der Waals surface area contributed by atoms with Gasteiger partial charge in [-0.3, -0.25) is 0 Å². The monoisotopic (exact) mass is 366 g/mol. The van der Waals surface area contributed by atoms with Gasteiger partial charge in [-0.1, -0.05) is 30.3 Å². The highest BCUT2D eigenvalue weighted by Gasteiger charge is 2.31. The second-order valence-corrected chi connectivity index (χ2v) is 6.67. The number of fused-ring (bicyclic) bond motifs is 1. The van der Waals surface area contributed by atoms with Crippen LogP contribution in [0.1, 0.15) is 24.2 Å². The van der Waals surface area contributed by atoms with Crippen LogP contribution in [0.5, 0.6) is 0 Å². The molecule has 1 atom stereocenters. The molecule has 0 aliphatic carbocycles. The lowest BCUT2D eigenvalue weighted by atomic mass is 10.2. The topological polar surface area (TPSA) is 80.5 Å². The summed E-state index contributed by atoms with van der Waals surface area (Å²) in [7, 11) is 0. The summed E-state index contributed by atoms with van der Waals surface area (Å²) in [6, 6.07) is 13.4. The van der Waals surface area contributed by atoms with Crippen molar-refractivity contribution in [2.45, 2.75) is 38.6 Å². The molecular weight excluding hydrogens is 344 g/mol. The Labute approximate surface area is 157 Å². The third kappa shape index (κ3) is 3.64. The molecule has 1 aliphatic heterocycles. The van der Waals surface area contributed by atoms with Crippen molar-refractivity contribution in [2.24, 2.45) is 0 Å². The van der Waals surface area contributed by atoms with Gasteiger partial charge in [0.15, 0.2) is 5.65 Å². The molecule has 1 amide bonds. The summed E-state index contributed by atoms with van der Waals surface area (Å²) < 4.78 is 7.41. The van der Waals surface area contributed by atoms with Crippen LogP contribution in [-0.2, 0) is 24.5 Å². The van der Waals surface area contributed by atoms with E-state index in [2.05, 4.69) is 9.97 Å². The number of pyridine rings is 1. The summed E-state index contributed by atoms with van der Waals surface area (Å²) in [5.74, 6) is 0.563. The first kappa shape index (κ1) is 17.5. The summed E-state index contributed by atoms with van der Waals surface area (Å²) in [4.78, 5) is 23.2. The molecule has 7 heteroatoms. The summed E-state index contributed by atoms with van der Waals surface area (Å²) in [5.41, 5.74) is 2.44. The van der Waals surface area contributed by atoms with Crippen LogP contribution < -0.4 is 0 Å². The van der Waals surface area contributed by atoms with E-state index in [0.29, 0.717) is 18.9 Å². The van der Waals surface area contributed by atoms with Crippen molar-refractivity contribution in [1.29, 1.82) is 0 Å². The van der Waals surface area contributed by atoms with Gasteiger partial charge in [0.05, 0.1) is 6.04 Å². The van der Waals surface area contributed by atoms with Crippen molar-refractivity contribution in [2.75, 3.05) is 6.54 Å². The van der Waals surface area contributed by atoms with Crippen LogP contribution in [0.3, 0.4) is 0 Å². The number of rotatable bonds is 5. The maximum absolute atomic E-state index is 12.6. The molecule has 4 rings (SSSR count). The van der Waals surface area contributed by atoms with Gasteiger partial charge in [-0.05, 0) is 30.5 Å². The van der Waals surface area contributed by atoms with Crippen LogP contribution in [0.4, 0.5) is 4.79 Å². The van der Waals surface area contributed by atoms with E-state index >= 15 is 0 Å². The van der Waals surface area contributed by atoms with E-state index in [1.165, 1.54) is 0 Å². The van der Waals surface area contributed by atoms with Gasteiger partial charge in [0.1, 0.15) is 24.6 Å². The average Bonchev–Trinajstić information content (AvgIpc) is 3.32. The fourth-order valence-electron chi connectivity index (χ4n) is 3.60. The second kappa shape index (κ2) is 7.75. The van der Waals surface area contributed by atoms with Crippen LogP contribution >= 0.6 is 0 Å². The van der Waals surface area contributed by atoms with E-state index in [0.717, 1.165) is 29.6 Å². The van der Waals surface area contributed by atoms with Gasteiger partial charge in [0.25, 0.3) is 0 Å². The van der Waals surface area contributed by atoms with Crippen LogP contribution in [-0.4, -0.2) is 43.2 Å². The highest BCUT2D eigenvalue weighted by molar-refractivity contribution is 5.71. The zero-order chi connectivity index (χ0) is 18.6. The zero-order valence-electron chi connectivity index (χ0n) is 15.0. The second-order valence-electron chi connectivity index (χ2n) is 6.67. The average molecular weight is 366 g/mol. The number of amides is 1. The summed E-state index contributed by atoms with van der Waals surface area (Å²) in [6.45, 7) is 1.32. The van der Waals surface area contributed by atoms with Gasteiger partial charge in [0, 0.05) is 19.3 Å². The zero-order valence-corrected chi connectivity index (χ0v) is 15.0. The lowest BCUT2D eigenvalue weighted by molar-refractivity contribution is 0.0893. The maximum atomic E-state index is 12.6. The van der Waals surface area contributed by atoms with Crippen molar-refractivity contribution in [3.63, 3.8) is 0 Å². The Kier molecular flexibility index (Phi) is 5.02. The highest BCUT2D eigenvalue weighted by Crippen LogP contribution is 2.23. The van der Waals surface area contributed by atoms with Gasteiger partial charge in [-0.15, -0.1) is 0 Å². The first-order valence-electron chi connectivity index (χ1n) is 9.14. The number of nitrogens with zero attached hydrogens (tertiary/aromatic N) is 4. The molecule has 1 N–H and O–H groups in total. The fourth-order valence-corrected chi connectivity index (χ4v) is 3.60. The van der Waals surface area contributed by atoms with Gasteiger partial charge in [-0.2, -0.15) is 0 Å². The Bertz CT molecular complexity index is 925. The molecule has 0 saturated carbocycles. The number of imidazole rings is 1. The number of ether oxygens (including phenoxy) is 1. The summed E-state index contributed by atoms with van der Waals surface area (Å²) in [6.07, 6.45) is 3.23. The number of benzene rings is 1. The minimum atomic E-state index is -0.302. The van der Waals surface area contributed by atoms with E-state index in [9.17, 15) is 9.90 Å². The molecular formula is C20H22N4O3. The third-order valence-corrected chi connectivity index (χ3v) is 4.93. The number of hydrogen-bond acceptors (Lipinski definition) is 5. The van der Waals surface area contributed by atoms with Crippen molar-refractivity contribution in [3.05, 3.63) is 60.0 Å². The molecule has 1 aliphatic rings. The standard InChI is InChI=1S/C20H22N4O3/c25-13-18-22-17-9-4-10-21-19(17)24(18)12-16-8-5-11-23(16)20(26)27-14-15-6-2-1-3-7-15/h1-4,6-7,9-10,16,25H,5,8,11-14H2. The Morgan fingerprint density at radius 1 is 1.22 bits per heavy atom. The molecule has 0 spiro atoms. The third-order valence-electron chi connectivity index (χ3n) is 4.93. The van der Waals surface area contributed by atoms with Gasteiger partial charge < -0.3 is 19.3 Å². The molecule has 1 aromatic carbocycles. The number of carbonyl (C=O) groups excluding carboxylic acids is 1. The lowest BCUT2D eigenvalue weighted by Gasteiger charge is -2.25. The van der Waals surface area contributed by atoms with E-state index in [1.807, 2.05) is 47.0 Å². The van der Waals surface area contributed by atoms with Crippen LogP contribution in [0, 0.1) is 0 Å². The summed E-state index contributed by atoms with van der Waals surface area (Å²) in [5, 5.41) is 9.66. The Balaban J connectivity index is 1.48. The largest absolute Gasteiger partial charge is 0.445 e. The van der Waals surface area contributed by atoms with Crippen molar-refractivity contribution < 1.29 is 14.6 Å². The smallest absolute Gasteiger partial charge is 0.410 e. The Hall–Kier alpha value is -2.93. The number of carbonyl (C=O) groups is 1. The molecule has 3 heterocycles. The molecule has 27 heavy (non-hydrogen) atoms. The normalized spacial score (nSPS) is 16.8. The van der Waals surface area contributed by atoms with Crippen LogP contribution in [0.25, 0.3) is 11.2 Å². The molecule has 3 aromatic rings. The number of likely N-dealkylation sites (tertiary alicyclic amines) is 1. The SMILES string of the molecule is O=C(OCc1ccccc1)N1CCCC1Cn1c(CO)nc2cccnc21. The number of hydrogen-bond donors (Lipinski definition) is 1. The molecule has 140 valence electrons. The highest BCUT2D eigenvalue weighted by atomic mass is 16.6. The minimum absolute atomic E-state index is 0.00187. The van der Waals surface area contributed by atoms with Crippen molar-refractivity contribution in [3.8, 4) is 0 Å². The molecule has 7 nitrogen and oxygen atoms in total. The predicted molar refractivity (Wildman–Crippen MR) is 99.8 cm³/mol. The first-order valence-corrected chi connectivity index (χ1v) is 9.14. The quantitative estimate of drug-likeness (QED) is 0.751. The Morgan fingerprint density at radius 3 is 2.89 bits per heavy atom. The van der Waals surface area contributed by atoms with E-state index < -0.39 is 0 Å². The molecule has 1 saturated heterocycles. The Morgan fingerprint density at radius 2 is 2.07 bits per heavy atom. The van der Waals surface area contributed by atoms with Crippen molar-refractivity contribution >= 4 is 17.3 Å². The van der Waals surface area contributed by atoms with Crippen molar-refractivity contribution in [1.82, 2.24) is 19.4 Å².